The zero-order chi connectivity index (χ0) is 13.0. The number of nitrogens with zero attached hydrogens (tertiary/aromatic N) is 1. The molecule has 0 N–H and O–H groups in total. The van der Waals surface area contributed by atoms with Gasteiger partial charge in [0.15, 0.2) is 0 Å². The second-order valence-corrected chi connectivity index (χ2v) is 6.91. The number of aldehydes is 1. The summed E-state index contributed by atoms with van der Waals surface area (Å²) in [5, 5.41) is 0. The van der Waals surface area contributed by atoms with Gasteiger partial charge < -0.3 is 0 Å². The van der Waals surface area contributed by atoms with E-state index in [0.29, 0.717) is 4.75 Å². The largest absolute Gasteiger partial charge is 0.298 e. The lowest BCUT2D eigenvalue weighted by molar-refractivity contribution is 0.112. The fourth-order valence-electron chi connectivity index (χ4n) is 2.39. The SMILES string of the molecule is CCC1(C)CN(Cc2cccc(C=O)c2)CCS1. The van der Waals surface area contributed by atoms with Crippen LogP contribution in [0.3, 0.4) is 0 Å². The standard InChI is InChI=1S/C15H21NOS/c1-3-15(2)12-16(7-8-18-15)10-13-5-4-6-14(9-13)11-17/h4-6,9,11H,3,7-8,10,12H2,1-2H3. The Labute approximate surface area is 114 Å². The van der Waals surface area contributed by atoms with Crippen LogP contribution in [-0.2, 0) is 6.54 Å². The van der Waals surface area contributed by atoms with Crippen molar-refractivity contribution in [2.45, 2.75) is 31.6 Å². The number of carbonyl (C=O) groups is 1. The van der Waals surface area contributed by atoms with Crippen molar-refractivity contribution in [1.29, 1.82) is 0 Å². The van der Waals surface area contributed by atoms with Gasteiger partial charge in [-0.1, -0.05) is 25.1 Å². The van der Waals surface area contributed by atoms with Gasteiger partial charge >= 0.3 is 0 Å². The molecule has 2 nitrogen and oxygen atoms in total. The fraction of sp³-hybridized carbons (Fsp3) is 0.533. The Kier molecular flexibility index (Phi) is 4.46. The lowest BCUT2D eigenvalue weighted by Crippen LogP contribution is -2.43. The monoisotopic (exact) mass is 263 g/mol. The van der Waals surface area contributed by atoms with Gasteiger partial charge in [0.1, 0.15) is 6.29 Å². The summed E-state index contributed by atoms with van der Waals surface area (Å²) in [5.74, 6) is 1.21. The highest BCUT2D eigenvalue weighted by atomic mass is 32.2. The van der Waals surface area contributed by atoms with Crippen molar-refractivity contribution in [3.63, 3.8) is 0 Å². The molecular weight excluding hydrogens is 242 g/mol. The molecule has 0 radical (unpaired) electrons. The van der Waals surface area contributed by atoms with Gasteiger partial charge in [-0.2, -0.15) is 11.8 Å². The first-order chi connectivity index (χ1) is 8.65. The molecule has 2 rings (SSSR count). The maximum Gasteiger partial charge on any atom is 0.150 e. The molecule has 1 fully saturated rings. The Hall–Kier alpha value is -0.800. The van der Waals surface area contributed by atoms with E-state index >= 15 is 0 Å². The number of benzene rings is 1. The molecule has 1 heterocycles. The van der Waals surface area contributed by atoms with E-state index in [0.717, 1.165) is 31.5 Å². The molecule has 1 aliphatic heterocycles. The molecular formula is C15H21NOS. The Morgan fingerprint density at radius 2 is 2.33 bits per heavy atom. The van der Waals surface area contributed by atoms with Crippen LogP contribution in [0.4, 0.5) is 0 Å². The van der Waals surface area contributed by atoms with Gasteiger partial charge in [0, 0.05) is 35.7 Å². The number of carbonyl (C=O) groups excluding carboxylic acids is 1. The molecule has 1 aromatic rings. The minimum atomic E-state index is 0.389. The van der Waals surface area contributed by atoms with Crippen LogP contribution in [0.1, 0.15) is 36.2 Å². The molecule has 98 valence electrons. The van der Waals surface area contributed by atoms with Crippen molar-refractivity contribution in [2.75, 3.05) is 18.8 Å². The van der Waals surface area contributed by atoms with Gasteiger partial charge in [0.2, 0.25) is 0 Å². The predicted molar refractivity (Wildman–Crippen MR) is 78.3 cm³/mol. The first-order valence-corrected chi connectivity index (χ1v) is 7.54. The van der Waals surface area contributed by atoms with Crippen molar-refractivity contribution in [1.82, 2.24) is 4.90 Å². The first kappa shape index (κ1) is 13.6. The average molecular weight is 263 g/mol. The Morgan fingerprint density at radius 3 is 3.06 bits per heavy atom. The van der Waals surface area contributed by atoms with Crippen LogP contribution in [0.5, 0.6) is 0 Å². The lowest BCUT2D eigenvalue weighted by Gasteiger charge is -2.39. The van der Waals surface area contributed by atoms with E-state index in [9.17, 15) is 4.79 Å². The highest BCUT2D eigenvalue weighted by molar-refractivity contribution is 8.00. The summed E-state index contributed by atoms with van der Waals surface area (Å²) in [6.45, 7) is 7.86. The summed E-state index contributed by atoms with van der Waals surface area (Å²) < 4.78 is 0.389. The van der Waals surface area contributed by atoms with Crippen molar-refractivity contribution < 1.29 is 4.79 Å². The fourth-order valence-corrected chi connectivity index (χ4v) is 3.71. The maximum atomic E-state index is 10.8. The summed E-state index contributed by atoms with van der Waals surface area (Å²) in [4.78, 5) is 13.3. The minimum Gasteiger partial charge on any atom is -0.298 e. The second-order valence-electron chi connectivity index (χ2n) is 5.23. The number of hydrogen-bond acceptors (Lipinski definition) is 3. The molecule has 0 aliphatic carbocycles. The van der Waals surface area contributed by atoms with Crippen LogP contribution in [0.25, 0.3) is 0 Å². The quantitative estimate of drug-likeness (QED) is 0.778. The third kappa shape index (κ3) is 3.36. The second kappa shape index (κ2) is 5.89. The van der Waals surface area contributed by atoms with Crippen LogP contribution in [-0.4, -0.2) is 34.8 Å². The summed E-state index contributed by atoms with van der Waals surface area (Å²) in [6.07, 6.45) is 2.13. The molecule has 0 bridgehead atoms. The summed E-state index contributed by atoms with van der Waals surface area (Å²) >= 11 is 2.09. The van der Waals surface area contributed by atoms with E-state index in [4.69, 9.17) is 0 Å². The summed E-state index contributed by atoms with van der Waals surface area (Å²) in [7, 11) is 0. The molecule has 1 aliphatic rings. The van der Waals surface area contributed by atoms with E-state index in [-0.39, 0.29) is 0 Å². The summed E-state index contributed by atoms with van der Waals surface area (Å²) in [5.41, 5.74) is 2.02. The van der Waals surface area contributed by atoms with Gasteiger partial charge in [-0.3, -0.25) is 9.69 Å². The van der Waals surface area contributed by atoms with Crippen molar-refractivity contribution in [3.8, 4) is 0 Å². The lowest BCUT2D eigenvalue weighted by atomic mass is 10.1. The minimum absolute atomic E-state index is 0.389. The highest BCUT2D eigenvalue weighted by Gasteiger charge is 2.29. The van der Waals surface area contributed by atoms with Gasteiger partial charge in [-0.05, 0) is 25.0 Å². The van der Waals surface area contributed by atoms with Gasteiger partial charge in [0.05, 0.1) is 0 Å². The van der Waals surface area contributed by atoms with Crippen molar-refractivity contribution in [3.05, 3.63) is 35.4 Å². The van der Waals surface area contributed by atoms with E-state index in [2.05, 4.69) is 36.6 Å². The van der Waals surface area contributed by atoms with E-state index < -0.39 is 0 Å². The smallest absolute Gasteiger partial charge is 0.150 e. The summed E-state index contributed by atoms with van der Waals surface area (Å²) in [6, 6.07) is 7.94. The number of rotatable bonds is 4. The molecule has 0 spiro atoms. The topological polar surface area (TPSA) is 20.3 Å². The van der Waals surface area contributed by atoms with Crippen LogP contribution in [0, 0.1) is 0 Å². The predicted octanol–water partition coefficient (Wildman–Crippen LogP) is 3.22. The first-order valence-electron chi connectivity index (χ1n) is 6.55. The Morgan fingerprint density at radius 1 is 1.50 bits per heavy atom. The van der Waals surface area contributed by atoms with E-state index in [1.165, 1.54) is 17.7 Å². The Balaban J connectivity index is 2.02. The van der Waals surface area contributed by atoms with Crippen LogP contribution in [0.15, 0.2) is 24.3 Å². The van der Waals surface area contributed by atoms with Crippen LogP contribution in [0.2, 0.25) is 0 Å². The highest BCUT2D eigenvalue weighted by Crippen LogP contribution is 2.33. The van der Waals surface area contributed by atoms with E-state index in [1.54, 1.807) is 0 Å². The maximum absolute atomic E-state index is 10.8. The molecule has 0 saturated carbocycles. The normalized spacial score (nSPS) is 25.0. The average Bonchev–Trinajstić information content (AvgIpc) is 2.39. The van der Waals surface area contributed by atoms with Crippen LogP contribution >= 0.6 is 11.8 Å². The van der Waals surface area contributed by atoms with Gasteiger partial charge in [0.25, 0.3) is 0 Å². The third-order valence-electron chi connectivity index (χ3n) is 3.66. The molecule has 0 amide bonds. The van der Waals surface area contributed by atoms with Gasteiger partial charge in [-0.15, -0.1) is 0 Å². The molecule has 1 unspecified atom stereocenters. The van der Waals surface area contributed by atoms with Crippen molar-refractivity contribution in [2.24, 2.45) is 0 Å². The molecule has 0 aromatic heterocycles. The zero-order valence-electron chi connectivity index (χ0n) is 11.2. The third-order valence-corrected chi connectivity index (χ3v) is 5.16. The molecule has 1 aromatic carbocycles. The van der Waals surface area contributed by atoms with E-state index in [1.807, 2.05) is 18.2 Å². The molecule has 1 atom stereocenters. The van der Waals surface area contributed by atoms with Gasteiger partial charge in [-0.25, -0.2) is 0 Å². The number of hydrogen-bond donors (Lipinski definition) is 0. The van der Waals surface area contributed by atoms with Crippen LogP contribution < -0.4 is 0 Å². The molecule has 3 heteroatoms. The van der Waals surface area contributed by atoms with Crippen molar-refractivity contribution >= 4 is 18.0 Å². The number of thioether (sulfide) groups is 1. The zero-order valence-corrected chi connectivity index (χ0v) is 12.0. The molecule has 18 heavy (non-hydrogen) atoms. The molecule has 1 saturated heterocycles. The Bertz CT molecular complexity index is 421.